The Morgan fingerprint density at radius 2 is 1.59 bits per heavy atom. The fourth-order valence-corrected chi connectivity index (χ4v) is 4.91. The van der Waals surface area contributed by atoms with Crippen LogP contribution in [0.4, 0.5) is 5.95 Å². The van der Waals surface area contributed by atoms with Crippen LogP contribution in [0, 0.1) is 0 Å². The lowest BCUT2D eigenvalue weighted by Gasteiger charge is -2.21. The maximum absolute atomic E-state index is 13.5. The highest BCUT2D eigenvalue weighted by atomic mass is 32.2. The van der Waals surface area contributed by atoms with E-state index < -0.39 is 21.2 Å². The third-order valence-electron chi connectivity index (χ3n) is 5.95. The first kappa shape index (κ1) is 25.9. The molecule has 1 aromatic carbocycles. The summed E-state index contributed by atoms with van der Waals surface area (Å²) < 4.78 is 49.0. The van der Waals surface area contributed by atoms with Gasteiger partial charge in [-0.1, -0.05) is 13.0 Å². The fraction of sp³-hybridized carbons (Fsp3) is 0.348. The highest BCUT2D eigenvalue weighted by molar-refractivity contribution is 7.93. The van der Waals surface area contributed by atoms with Crippen LogP contribution in [0.15, 0.2) is 42.9 Å². The Kier molecular flexibility index (Phi) is 7.29. The minimum atomic E-state index is -4.00. The van der Waals surface area contributed by atoms with E-state index in [1.54, 1.807) is 56.0 Å². The smallest absolute Gasteiger partial charge is 0.243 e. The van der Waals surface area contributed by atoms with Crippen LogP contribution in [0.25, 0.3) is 17.2 Å². The van der Waals surface area contributed by atoms with Gasteiger partial charge in [0.25, 0.3) is 0 Å². The van der Waals surface area contributed by atoms with Crippen LogP contribution in [0.5, 0.6) is 17.2 Å². The Labute approximate surface area is 214 Å². The van der Waals surface area contributed by atoms with Crippen LogP contribution in [0.2, 0.25) is 0 Å². The summed E-state index contributed by atoms with van der Waals surface area (Å²) in [4.78, 5) is 8.49. The molecular formula is C23H28N8O5S. The summed E-state index contributed by atoms with van der Waals surface area (Å²) >= 11 is 0. The van der Waals surface area contributed by atoms with Crippen molar-refractivity contribution < 1.29 is 22.6 Å². The minimum Gasteiger partial charge on any atom is -0.494 e. The molecule has 0 saturated heterocycles. The number of sulfonamides is 1. The molecule has 1 N–H and O–H groups in total. The Balaban J connectivity index is 1.79. The number of hydrogen-bond donors (Lipinski definition) is 1. The van der Waals surface area contributed by atoms with E-state index in [1.807, 2.05) is 0 Å². The van der Waals surface area contributed by atoms with Crippen molar-refractivity contribution in [2.24, 2.45) is 7.05 Å². The molecule has 0 aliphatic carbocycles. The first-order valence-electron chi connectivity index (χ1n) is 11.2. The monoisotopic (exact) mass is 528 g/mol. The van der Waals surface area contributed by atoms with Gasteiger partial charge in [-0.05, 0) is 25.1 Å². The molecule has 37 heavy (non-hydrogen) atoms. The molecule has 0 spiro atoms. The third-order valence-corrected chi connectivity index (χ3v) is 7.80. The molecule has 3 heterocycles. The average Bonchev–Trinajstić information content (AvgIpc) is 3.52. The molecule has 0 aliphatic rings. The number of nitrogens with zero attached hydrogens (tertiary/aromatic N) is 7. The summed E-state index contributed by atoms with van der Waals surface area (Å²) in [5.74, 6) is 1.37. The van der Waals surface area contributed by atoms with Gasteiger partial charge in [0.05, 0.1) is 39.0 Å². The second-order valence-electron chi connectivity index (χ2n) is 8.19. The molecule has 4 rings (SSSR count). The van der Waals surface area contributed by atoms with Crippen LogP contribution in [0.3, 0.4) is 0 Å². The van der Waals surface area contributed by atoms with E-state index in [1.165, 1.54) is 38.3 Å². The lowest BCUT2D eigenvalue weighted by Crippen LogP contribution is -2.31. The van der Waals surface area contributed by atoms with Crippen molar-refractivity contribution in [2.75, 3.05) is 26.1 Å². The number of ether oxygens (including phenoxy) is 3. The number of para-hydroxylation sites is 1. The third kappa shape index (κ3) is 5.05. The molecule has 14 heteroatoms. The standard InChI is InChI=1S/C23H28N8O5S/c1-14(21-24-12-16(34-4)13-25-21)15(2)37(32,33)29-23-27-26-22(17-10-11-30(3)28-17)31(23)20-18(35-5)8-7-9-19(20)36-6/h7-15H,1-6H3,(H,27,29). The zero-order chi connectivity index (χ0) is 26.7. The molecule has 3 aromatic heterocycles. The van der Waals surface area contributed by atoms with Gasteiger partial charge in [-0.2, -0.15) is 5.10 Å². The minimum absolute atomic E-state index is 0.0573. The zero-order valence-corrected chi connectivity index (χ0v) is 22.1. The van der Waals surface area contributed by atoms with E-state index in [2.05, 4.69) is 30.0 Å². The summed E-state index contributed by atoms with van der Waals surface area (Å²) in [6.07, 6.45) is 4.74. The molecule has 4 aromatic rings. The van der Waals surface area contributed by atoms with Crippen molar-refractivity contribution in [2.45, 2.75) is 25.0 Å². The topological polar surface area (TPSA) is 148 Å². The van der Waals surface area contributed by atoms with Crippen molar-refractivity contribution >= 4 is 16.0 Å². The van der Waals surface area contributed by atoms with E-state index in [0.717, 1.165) is 0 Å². The Hall–Kier alpha value is -4.20. The fourth-order valence-electron chi connectivity index (χ4n) is 3.68. The Morgan fingerprint density at radius 3 is 2.14 bits per heavy atom. The largest absolute Gasteiger partial charge is 0.494 e. The second-order valence-corrected chi connectivity index (χ2v) is 10.2. The van der Waals surface area contributed by atoms with Crippen LogP contribution in [0.1, 0.15) is 25.6 Å². The summed E-state index contributed by atoms with van der Waals surface area (Å²) in [5, 5.41) is 11.9. The summed E-state index contributed by atoms with van der Waals surface area (Å²) in [5.41, 5.74) is 0.886. The highest BCUT2D eigenvalue weighted by Gasteiger charge is 2.32. The van der Waals surface area contributed by atoms with E-state index in [9.17, 15) is 8.42 Å². The number of benzene rings is 1. The van der Waals surface area contributed by atoms with Crippen molar-refractivity contribution in [3.05, 3.63) is 48.7 Å². The number of anilines is 1. The average molecular weight is 529 g/mol. The van der Waals surface area contributed by atoms with E-state index >= 15 is 0 Å². The molecular weight excluding hydrogens is 500 g/mol. The Bertz CT molecular complexity index is 1460. The van der Waals surface area contributed by atoms with E-state index in [0.29, 0.717) is 40.3 Å². The van der Waals surface area contributed by atoms with Gasteiger partial charge >= 0.3 is 0 Å². The molecule has 13 nitrogen and oxygen atoms in total. The molecule has 2 atom stereocenters. The van der Waals surface area contributed by atoms with Gasteiger partial charge in [-0.15, -0.1) is 10.2 Å². The van der Waals surface area contributed by atoms with Gasteiger partial charge < -0.3 is 14.2 Å². The lowest BCUT2D eigenvalue weighted by molar-refractivity contribution is 0.391. The molecule has 0 radical (unpaired) electrons. The van der Waals surface area contributed by atoms with Gasteiger partial charge in [0, 0.05) is 19.2 Å². The van der Waals surface area contributed by atoms with Crippen LogP contribution in [-0.2, 0) is 17.1 Å². The molecule has 0 aliphatic heterocycles. The van der Waals surface area contributed by atoms with E-state index in [4.69, 9.17) is 14.2 Å². The molecule has 0 fully saturated rings. The van der Waals surface area contributed by atoms with Crippen molar-refractivity contribution in [1.29, 1.82) is 0 Å². The van der Waals surface area contributed by atoms with Crippen LogP contribution >= 0.6 is 0 Å². The first-order chi connectivity index (χ1) is 17.7. The number of rotatable bonds is 10. The number of hydrogen-bond acceptors (Lipinski definition) is 10. The molecule has 0 bridgehead atoms. The normalized spacial score (nSPS) is 13.1. The van der Waals surface area contributed by atoms with Crippen molar-refractivity contribution in [3.63, 3.8) is 0 Å². The van der Waals surface area contributed by atoms with Crippen LogP contribution < -0.4 is 18.9 Å². The van der Waals surface area contributed by atoms with Gasteiger partial charge in [0.2, 0.25) is 16.0 Å². The summed E-state index contributed by atoms with van der Waals surface area (Å²) in [7, 11) is 2.28. The summed E-state index contributed by atoms with van der Waals surface area (Å²) in [6, 6.07) is 6.95. The maximum atomic E-state index is 13.5. The second kappa shape index (κ2) is 10.4. The van der Waals surface area contributed by atoms with Gasteiger partial charge in [-0.3, -0.25) is 14.0 Å². The highest BCUT2D eigenvalue weighted by Crippen LogP contribution is 2.37. The predicted octanol–water partition coefficient (Wildman–Crippen LogP) is 2.42. The number of aryl methyl sites for hydroxylation is 1. The van der Waals surface area contributed by atoms with Gasteiger partial charge in [0.15, 0.2) is 11.6 Å². The quantitative estimate of drug-likeness (QED) is 0.325. The molecule has 0 saturated carbocycles. The maximum Gasteiger partial charge on any atom is 0.243 e. The SMILES string of the molecule is COc1cnc(C(C)C(C)S(=O)(=O)Nc2nnc(-c3ccn(C)n3)n2-c2c(OC)cccc2OC)nc1. The molecule has 2 unspecified atom stereocenters. The zero-order valence-electron chi connectivity index (χ0n) is 21.3. The number of aromatic nitrogens is 7. The van der Waals surface area contributed by atoms with E-state index in [-0.39, 0.29) is 5.95 Å². The van der Waals surface area contributed by atoms with Crippen molar-refractivity contribution in [1.82, 2.24) is 34.5 Å². The number of methoxy groups -OCH3 is 3. The molecule has 0 amide bonds. The van der Waals surface area contributed by atoms with Gasteiger partial charge in [0.1, 0.15) is 28.7 Å². The Morgan fingerprint density at radius 1 is 0.946 bits per heavy atom. The predicted molar refractivity (Wildman–Crippen MR) is 136 cm³/mol. The lowest BCUT2D eigenvalue weighted by atomic mass is 10.1. The van der Waals surface area contributed by atoms with Crippen molar-refractivity contribution in [3.8, 4) is 34.5 Å². The number of nitrogens with one attached hydrogen (secondary N) is 1. The summed E-state index contributed by atoms with van der Waals surface area (Å²) in [6.45, 7) is 3.31. The molecule has 196 valence electrons. The van der Waals surface area contributed by atoms with Crippen LogP contribution in [-0.4, -0.2) is 69.5 Å². The first-order valence-corrected chi connectivity index (χ1v) is 12.8. The van der Waals surface area contributed by atoms with Gasteiger partial charge in [-0.25, -0.2) is 18.4 Å².